The van der Waals surface area contributed by atoms with E-state index in [1.54, 1.807) is 30.0 Å². The number of carboxylic acids is 1. The third-order valence-corrected chi connectivity index (χ3v) is 5.02. The van der Waals surface area contributed by atoms with Crippen LogP contribution < -0.4 is 5.32 Å². The molecule has 0 saturated carbocycles. The summed E-state index contributed by atoms with van der Waals surface area (Å²) in [4.78, 5) is 23.1. The number of carbonyl (C=O) groups is 2. The molecular formula is C15H17NO3S2. The van der Waals surface area contributed by atoms with Gasteiger partial charge >= 0.3 is 5.97 Å². The van der Waals surface area contributed by atoms with E-state index in [2.05, 4.69) is 26.1 Å². The highest BCUT2D eigenvalue weighted by molar-refractivity contribution is 8.01. The molecule has 0 saturated heterocycles. The van der Waals surface area contributed by atoms with Gasteiger partial charge in [-0.1, -0.05) is 20.8 Å². The average molecular weight is 323 g/mol. The van der Waals surface area contributed by atoms with Crippen LogP contribution in [0.4, 0.5) is 5.69 Å². The average Bonchev–Trinajstić information content (AvgIpc) is 2.79. The fourth-order valence-corrected chi connectivity index (χ4v) is 3.22. The van der Waals surface area contributed by atoms with Gasteiger partial charge in [-0.05, 0) is 29.7 Å². The summed E-state index contributed by atoms with van der Waals surface area (Å²) in [6, 6.07) is 7.06. The Kier molecular flexibility index (Phi) is 4.58. The predicted molar refractivity (Wildman–Crippen MR) is 89.6 cm³/mol. The normalized spacial score (nSPS) is 11.6. The van der Waals surface area contributed by atoms with Gasteiger partial charge in [-0.15, -0.1) is 23.1 Å². The summed E-state index contributed by atoms with van der Waals surface area (Å²) in [5.74, 6) is -0.586. The summed E-state index contributed by atoms with van der Waals surface area (Å²) in [5.41, 5.74) is 0.691. The van der Waals surface area contributed by atoms with Crippen molar-refractivity contribution in [2.75, 3.05) is 11.1 Å². The third kappa shape index (κ3) is 4.47. The first-order chi connectivity index (χ1) is 9.74. The number of hydrogen-bond acceptors (Lipinski definition) is 4. The lowest BCUT2D eigenvalue weighted by Gasteiger charge is -2.17. The van der Waals surface area contributed by atoms with Gasteiger partial charge in [-0.3, -0.25) is 4.79 Å². The van der Waals surface area contributed by atoms with Gasteiger partial charge in [0, 0.05) is 15.1 Å². The summed E-state index contributed by atoms with van der Waals surface area (Å²) >= 11 is 2.82. The first-order valence-corrected chi connectivity index (χ1v) is 8.25. The molecule has 2 aromatic rings. The summed E-state index contributed by atoms with van der Waals surface area (Å²) in [7, 11) is 0. The molecule has 1 aromatic carbocycles. The lowest BCUT2D eigenvalue weighted by Crippen LogP contribution is -2.18. The lowest BCUT2D eigenvalue weighted by atomic mass is 10.2. The number of nitrogens with one attached hydrogen (secondary N) is 1. The largest absolute Gasteiger partial charge is 0.477 e. The number of fused-ring (bicyclic) bond motifs is 1. The van der Waals surface area contributed by atoms with Crippen LogP contribution in [0.15, 0.2) is 24.3 Å². The summed E-state index contributed by atoms with van der Waals surface area (Å²) in [6.07, 6.45) is 0. The Balaban J connectivity index is 2.08. The van der Waals surface area contributed by atoms with E-state index in [1.165, 1.54) is 11.3 Å². The quantitative estimate of drug-likeness (QED) is 0.890. The van der Waals surface area contributed by atoms with Crippen molar-refractivity contribution in [2.24, 2.45) is 0 Å². The second-order valence-corrected chi connectivity index (χ2v) is 8.50. The number of hydrogen-bond donors (Lipinski definition) is 2. The van der Waals surface area contributed by atoms with Gasteiger partial charge < -0.3 is 10.4 Å². The number of amides is 1. The highest BCUT2D eigenvalue weighted by Gasteiger charge is 2.14. The standard InChI is InChI=1S/C15H17NO3S2/c1-15(2,3)20-8-13(17)16-10-4-5-11-9(6-10)7-12(21-11)14(18)19/h4-7H,8H2,1-3H3,(H,16,17)(H,18,19). The molecule has 6 heteroatoms. The minimum Gasteiger partial charge on any atom is -0.477 e. The SMILES string of the molecule is CC(C)(C)SCC(=O)Nc1ccc2sc(C(=O)O)cc2c1. The molecule has 1 heterocycles. The van der Waals surface area contributed by atoms with Gasteiger partial charge in [0.05, 0.1) is 5.75 Å². The maximum atomic E-state index is 11.9. The van der Waals surface area contributed by atoms with Crippen molar-refractivity contribution in [1.29, 1.82) is 0 Å². The van der Waals surface area contributed by atoms with Crippen LogP contribution in [-0.4, -0.2) is 27.5 Å². The van der Waals surface area contributed by atoms with Crippen LogP contribution in [0.5, 0.6) is 0 Å². The second kappa shape index (κ2) is 6.07. The van der Waals surface area contributed by atoms with Crippen molar-refractivity contribution in [3.8, 4) is 0 Å². The fraction of sp³-hybridized carbons (Fsp3) is 0.333. The monoisotopic (exact) mass is 323 g/mol. The second-order valence-electron chi connectivity index (χ2n) is 5.62. The molecule has 0 aliphatic heterocycles. The van der Waals surface area contributed by atoms with E-state index in [-0.39, 0.29) is 10.7 Å². The molecule has 2 N–H and O–H groups in total. The predicted octanol–water partition coefficient (Wildman–Crippen LogP) is 4.07. The number of carboxylic acid groups (broad SMARTS) is 1. The molecule has 0 atom stereocenters. The van der Waals surface area contributed by atoms with Crippen LogP contribution >= 0.6 is 23.1 Å². The van der Waals surface area contributed by atoms with E-state index in [0.29, 0.717) is 16.3 Å². The van der Waals surface area contributed by atoms with Crippen LogP contribution in [0.1, 0.15) is 30.4 Å². The zero-order valence-corrected chi connectivity index (χ0v) is 13.7. The molecule has 112 valence electrons. The highest BCUT2D eigenvalue weighted by atomic mass is 32.2. The number of thiophene rings is 1. The maximum absolute atomic E-state index is 11.9. The van der Waals surface area contributed by atoms with Gasteiger partial charge in [-0.25, -0.2) is 4.79 Å². The zero-order chi connectivity index (χ0) is 15.6. The Morgan fingerprint density at radius 2 is 2.00 bits per heavy atom. The maximum Gasteiger partial charge on any atom is 0.345 e. The van der Waals surface area contributed by atoms with Crippen LogP contribution in [-0.2, 0) is 4.79 Å². The molecule has 0 radical (unpaired) electrons. The number of aromatic carboxylic acids is 1. The van der Waals surface area contributed by atoms with Crippen LogP contribution in [0, 0.1) is 0 Å². The van der Waals surface area contributed by atoms with E-state index in [1.807, 2.05) is 6.07 Å². The van der Waals surface area contributed by atoms with Gasteiger partial charge in [0.25, 0.3) is 0 Å². The van der Waals surface area contributed by atoms with Gasteiger partial charge in [0.2, 0.25) is 5.91 Å². The molecule has 0 aliphatic rings. The Morgan fingerprint density at radius 1 is 1.29 bits per heavy atom. The third-order valence-electron chi connectivity index (χ3n) is 2.65. The molecule has 2 rings (SSSR count). The highest BCUT2D eigenvalue weighted by Crippen LogP contribution is 2.28. The molecule has 0 spiro atoms. The molecule has 0 aliphatic carbocycles. The summed E-state index contributed by atoms with van der Waals surface area (Å²) in [6.45, 7) is 6.20. The fourth-order valence-electron chi connectivity index (χ4n) is 1.71. The van der Waals surface area contributed by atoms with E-state index in [9.17, 15) is 9.59 Å². The van der Waals surface area contributed by atoms with Crippen molar-refractivity contribution in [3.05, 3.63) is 29.1 Å². The Bertz CT molecular complexity index is 686. The minimum atomic E-state index is -0.927. The molecule has 1 aromatic heterocycles. The van der Waals surface area contributed by atoms with Gasteiger partial charge in [0.15, 0.2) is 0 Å². The first-order valence-electron chi connectivity index (χ1n) is 6.45. The molecule has 21 heavy (non-hydrogen) atoms. The number of rotatable bonds is 4. The van der Waals surface area contributed by atoms with Crippen molar-refractivity contribution in [1.82, 2.24) is 0 Å². The van der Waals surface area contributed by atoms with E-state index in [4.69, 9.17) is 5.11 Å². The van der Waals surface area contributed by atoms with Crippen LogP contribution in [0.25, 0.3) is 10.1 Å². The Hall–Kier alpha value is -1.53. The first kappa shape index (κ1) is 15.9. The summed E-state index contributed by atoms with van der Waals surface area (Å²) in [5, 5.41) is 12.7. The zero-order valence-electron chi connectivity index (χ0n) is 12.1. The minimum absolute atomic E-state index is 0.0467. The van der Waals surface area contributed by atoms with E-state index in [0.717, 1.165) is 10.1 Å². The van der Waals surface area contributed by atoms with Crippen LogP contribution in [0.3, 0.4) is 0 Å². The van der Waals surface area contributed by atoms with Crippen molar-refractivity contribution in [3.63, 3.8) is 0 Å². The molecule has 0 unspecified atom stereocenters. The van der Waals surface area contributed by atoms with Gasteiger partial charge in [-0.2, -0.15) is 0 Å². The number of benzene rings is 1. The Labute approximate surface area is 131 Å². The number of anilines is 1. The molecule has 0 fully saturated rings. The van der Waals surface area contributed by atoms with Crippen LogP contribution in [0.2, 0.25) is 0 Å². The van der Waals surface area contributed by atoms with Gasteiger partial charge in [0.1, 0.15) is 4.88 Å². The Morgan fingerprint density at radius 3 is 2.62 bits per heavy atom. The summed E-state index contributed by atoms with van der Waals surface area (Å²) < 4.78 is 0.944. The molecular weight excluding hydrogens is 306 g/mol. The van der Waals surface area contributed by atoms with Crippen molar-refractivity contribution >= 4 is 50.7 Å². The number of thioether (sulfide) groups is 1. The molecule has 1 amide bonds. The van der Waals surface area contributed by atoms with E-state index < -0.39 is 5.97 Å². The topological polar surface area (TPSA) is 66.4 Å². The molecule has 0 bridgehead atoms. The van der Waals surface area contributed by atoms with Crippen molar-refractivity contribution in [2.45, 2.75) is 25.5 Å². The number of carbonyl (C=O) groups excluding carboxylic acids is 1. The van der Waals surface area contributed by atoms with Crippen molar-refractivity contribution < 1.29 is 14.7 Å². The lowest BCUT2D eigenvalue weighted by molar-refractivity contribution is -0.113. The smallest absolute Gasteiger partial charge is 0.345 e. The molecule has 4 nitrogen and oxygen atoms in total. The van der Waals surface area contributed by atoms with E-state index >= 15 is 0 Å².